The summed E-state index contributed by atoms with van der Waals surface area (Å²) in [7, 11) is 4.49. The number of methoxy groups -OCH3 is 3. The number of hydrogen-bond donors (Lipinski definition) is 3. The summed E-state index contributed by atoms with van der Waals surface area (Å²) in [6, 6.07) is 2.33. The van der Waals surface area contributed by atoms with Crippen LogP contribution in [-0.4, -0.2) is 63.0 Å². The zero-order valence-corrected chi connectivity index (χ0v) is 14.8. The Kier molecular flexibility index (Phi) is 4.90. The minimum atomic E-state index is -0.663. The average molecular weight is 363 g/mol. The molecule has 0 aliphatic carbocycles. The normalized spacial score (nSPS) is 19.1. The largest absolute Gasteiger partial charge is 0.493 e. The number of nitrogens with one attached hydrogen (secondary N) is 2. The third-order valence-corrected chi connectivity index (χ3v) is 4.41. The summed E-state index contributed by atoms with van der Waals surface area (Å²) < 4.78 is 16.0. The average Bonchev–Trinajstić information content (AvgIpc) is 2.95. The fourth-order valence-electron chi connectivity index (χ4n) is 3.25. The van der Waals surface area contributed by atoms with Crippen molar-refractivity contribution >= 4 is 11.9 Å². The number of carbonyl (C=O) groups is 2. The number of amides is 3. The van der Waals surface area contributed by atoms with E-state index in [0.29, 0.717) is 34.1 Å². The van der Waals surface area contributed by atoms with Crippen LogP contribution in [0.5, 0.6) is 17.2 Å². The molecule has 3 rings (SSSR count). The van der Waals surface area contributed by atoms with Crippen LogP contribution in [0.1, 0.15) is 11.6 Å². The Hall–Kier alpha value is -2.94. The molecule has 3 N–H and O–H groups in total. The second-order valence-electron chi connectivity index (χ2n) is 5.83. The van der Waals surface area contributed by atoms with Crippen molar-refractivity contribution < 1.29 is 28.9 Å². The lowest BCUT2D eigenvalue weighted by Gasteiger charge is -2.26. The van der Waals surface area contributed by atoms with E-state index in [-0.39, 0.29) is 25.6 Å². The van der Waals surface area contributed by atoms with Gasteiger partial charge in [-0.15, -0.1) is 0 Å². The Morgan fingerprint density at radius 3 is 2.35 bits per heavy atom. The van der Waals surface area contributed by atoms with Crippen LogP contribution >= 0.6 is 0 Å². The maximum atomic E-state index is 12.7. The van der Waals surface area contributed by atoms with E-state index in [0.717, 1.165) is 0 Å². The highest BCUT2D eigenvalue weighted by Crippen LogP contribution is 2.42. The molecule has 1 atom stereocenters. The molecule has 9 heteroatoms. The summed E-state index contributed by atoms with van der Waals surface area (Å²) in [4.78, 5) is 26.3. The zero-order chi connectivity index (χ0) is 18.8. The quantitative estimate of drug-likeness (QED) is 0.664. The minimum Gasteiger partial charge on any atom is -0.493 e. The number of carbonyl (C=O) groups excluding carboxylic acids is 2. The molecule has 0 bridgehead atoms. The third kappa shape index (κ3) is 2.90. The molecule has 0 spiro atoms. The Labute approximate surface area is 150 Å². The first kappa shape index (κ1) is 17.9. The summed E-state index contributed by atoms with van der Waals surface area (Å²) in [5, 5.41) is 14.6. The highest BCUT2D eigenvalue weighted by atomic mass is 16.5. The van der Waals surface area contributed by atoms with E-state index in [1.54, 1.807) is 12.1 Å². The van der Waals surface area contributed by atoms with Crippen LogP contribution < -0.4 is 24.8 Å². The zero-order valence-electron chi connectivity index (χ0n) is 14.8. The van der Waals surface area contributed by atoms with Gasteiger partial charge in [0.2, 0.25) is 5.75 Å². The molecular formula is C17H21N3O6. The third-order valence-electron chi connectivity index (χ3n) is 4.41. The molecule has 1 aromatic rings. The van der Waals surface area contributed by atoms with E-state index in [4.69, 9.17) is 19.3 Å². The van der Waals surface area contributed by atoms with E-state index >= 15 is 0 Å². The smallest absolute Gasteiger partial charge is 0.319 e. The first-order chi connectivity index (χ1) is 12.5. The predicted molar refractivity (Wildman–Crippen MR) is 91.2 cm³/mol. The lowest BCUT2D eigenvalue weighted by molar-refractivity contribution is -0.126. The molecule has 2 aliphatic heterocycles. The van der Waals surface area contributed by atoms with Gasteiger partial charge < -0.3 is 34.9 Å². The second kappa shape index (κ2) is 7.12. The number of nitrogens with zero attached hydrogens (tertiary/aromatic N) is 1. The summed E-state index contributed by atoms with van der Waals surface area (Å²) in [5.74, 6) is 1.04. The molecule has 26 heavy (non-hydrogen) atoms. The van der Waals surface area contributed by atoms with E-state index in [1.807, 2.05) is 0 Å². The van der Waals surface area contributed by atoms with Crippen LogP contribution in [0, 0.1) is 0 Å². The molecule has 0 unspecified atom stereocenters. The lowest BCUT2D eigenvalue weighted by Crippen LogP contribution is -2.44. The highest BCUT2D eigenvalue weighted by molar-refractivity contribution is 6.01. The molecule has 2 aliphatic rings. The van der Waals surface area contributed by atoms with Crippen molar-refractivity contribution in [1.29, 1.82) is 0 Å². The molecule has 0 fully saturated rings. The van der Waals surface area contributed by atoms with Gasteiger partial charge in [0.1, 0.15) is 0 Å². The molecule has 140 valence electrons. The predicted octanol–water partition coefficient (Wildman–Crippen LogP) is 0.155. The molecule has 9 nitrogen and oxygen atoms in total. The maximum absolute atomic E-state index is 12.7. The van der Waals surface area contributed by atoms with Gasteiger partial charge in [-0.25, -0.2) is 4.79 Å². The first-order valence-electron chi connectivity index (χ1n) is 8.04. The fourth-order valence-corrected chi connectivity index (χ4v) is 3.25. The van der Waals surface area contributed by atoms with E-state index in [9.17, 15) is 9.59 Å². The van der Waals surface area contributed by atoms with Gasteiger partial charge in [-0.05, 0) is 17.7 Å². The molecule has 0 aromatic heterocycles. The molecule has 0 saturated heterocycles. The molecule has 0 saturated carbocycles. The van der Waals surface area contributed by atoms with Gasteiger partial charge in [0.25, 0.3) is 5.91 Å². The Bertz CT molecular complexity index is 751. The number of aliphatic hydroxyl groups is 1. The van der Waals surface area contributed by atoms with Crippen LogP contribution in [0.2, 0.25) is 0 Å². The number of ether oxygens (including phenoxy) is 3. The van der Waals surface area contributed by atoms with Crippen LogP contribution in [0.4, 0.5) is 4.79 Å². The van der Waals surface area contributed by atoms with Gasteiger partial charge in [0.15, 0.2) is 11.5 Å². The number of urea groups is 1. The summed E-state index contributed by atoms with van der Waals surface area (Å²) >= 11 is 0. The van der Waals surface area contributed by atoms with Gasteiger partial charge in [-0.3, -0.25) is 4.79 Å². The second-order valence-corrected chi connectivity index (χ2v) is 5.83. The molecule has 3 amide bonds. The van der Waals surface area contributed by atoms with Crippen LogP contribution in [0.15, 0.2) is 23.4 Å². The van der Waals surface area contributed by atoms with Crippen molar-refractivity contribution in [2.75, 3.05) is 41.0 Å². The Morgan fingerprint density at radius 1 is 1.15 bits per heavy atom. The summed E-state index contributed by atoms with van der Waals surface area (Å²) in [6.45, 7) is 0.301. The van der Waals surface area contributed by atoms with Gasteiger partial charge in [-0.2, -0.15) is 0 Å². The summed E-state index contributed by atoms with van der Waals surface area (Å²) in [6.07, 6.45) is 0. The van der Waals surface area contributed by atoms with Crippen LogP contribution in [0.25, 0.3) is 0 Å². The molecule has 2 heterocycles. The van der Waals surface area contributed by atoms with E-state index < -0.39 is 12.1 Å². The monoisotopic (exact) mass is 363 g/mol. The van der Waals surface area contributed by atoms with Gasteiger partial charge in [0.05, 0.1) is 51.8 Å². The van der Waals surface area contributed by atoms with Crippen molar-refractivity contribution in [2.45, 2.75) is 6.04 Å². The van der Waals surface area contributed by atoms with Crippen molar-refractivity contribution in [1.82, 2.24) is 15.5 Å². The van der Waals surface area contributed by atoms with Gasteiger partial charge in [0, 0.05) is 6.54 Å². The fraction of sp³-hybridized carbons (Fsp3) is 0.412. The SMILES string of the molecule is COc1cc([C@H]2NC(=O)NC3=C2C(=O)N(CCO)C3)cc(OC)c1OC. The topological polar surface area (TPSA) is 109 Å². The van der Waals surface area contributed by atoms with E-state index in [2.05, 4.69) is 10.6 Å². The van der Waals surface area contributed by atoms with Gasteiger partial charge >= 0.3 is 6.03 Å². The Balaban J connectivity index is 2.06. The van der Waals surface area contributed by atoms with Crippen molar-refractivity contribution in [3.8, 4) is 17.2 Å². The number of aliphatic hydroxyl groups excluding tert-OH is 1. The van der Waals surface area contributed by atoms with Crippen molar-refractivity contribution in [3.05, 3.63) is 29.0 Å². The van der Waals surface area contributed by atoms with Crippen molar-refractivity contribution in [3.63, 3.8) is 0 Å². The number of hydrogen-bond acceptors (Lipinski definition) is 6. The number of β-amino-alcohol motifs (C(OH)–C–C–N with tert-alkyl or cyclic N) is 1. The number of benzene rings is 1. The van der Waals surface area contributed by atoms with Crippen LogP contribution in [-0.2, 0) is 4.79 Å². The van der Waals surface area contributed by atoms with Gasteiger partial charge in [-0.1, -0.05) is 0 Å². The number of rotatable bonds is 6. The highest BCUT2D eigenvalue weighted by Gasteiger charge is 2.40. The first-order valence-corrected chi connectivity index (χ1v) is 8.04. The molecular weight excluding hydrogens is 342 g/mol. The van der Waals surface area contributed by atoms with E-state index in [1.165, 1.54) is 26.2 Å². The standard InChI is InChI=1S/C17H21N3O6/c1-24-11-6-9(7-12(25-2)15(11)26-3)14-13-10(18-17(23)19-14)8-20(4-5-21)16(13)22/h6-7,14,21H,4-5,8H2,1-3H3,(H2,18,19,23)/t14-/m1/s1. The Morgan fingerprint density at radius 2 is 1.81 bits per heavy atom. The molecule has 0 radical (unpaired) electrons. The lowest BCUT2D eigenvalue weighted by atomic mass is 9.95. The maximum Gasteiger partial charge on any atom is 0.319 e. The van der Waals surface area contributed by atoms with Crippen LogP contribution in [0.3, 0.4) is 0 Å². The summed E-state index contributed by atoms with van der Waals surface area (Å²) in [5.41, 5.74) is 1.60. The minimum absolute atomic E-state index is 0.150. The molecule has 1 aromatic carbocycles. The van der Waals surface area contributed by atoms with Crippen molar-refractivity contribution in [2.24, 2.45) is 0 Å².